The van der Waals surface area contributed by atoms with Gasteiger partial charge >= 0.3 is 0 Å². The Balaban J connectivity index is 2.95. The first-order valence-electron chi connectivity index (χ1n) is 8.13. The molecule has 0 bridgehead atoms. The Morgan fingerprint density at radius 3 is 2.00 bits per heavy atom. The van der Waals surface area contributed by atoms with E-state index in [9.17, 15) is 13.2 Å². The third kappa shape index (κ3) is 5.04. The summed E-state index contributed by atoms with van der Waals surface area (Å²) in [4.78, 5) is 14.4. The number of nitrogens with zero attached hydrogens (tertiary/aromatic N) is 3. The van der Waals surface area contributed by atoms with E-state index in [0.717, 1.165) is 4.31 Å². The van der Waals surface area contributed by atoms with Crippen molar-refractivity contribution in [2.45, 2.75) is 46.4 Å². The number of sulfonamides is 1. The van der Waals surface area contributed by atoms with Crippen LogP contribution in [0.1, 0.15) is 39.1 Å². The minimum absolute atomic E-state index is 0.0390. The predicted octanol–water partition coefficient (Wildman–Crippen LogP) is 2.05. The molecule has 0 unspecified atom stereocenters. The van der Waals surface area contributed by atoms with Gasteiger partial charge in [-0.25, -0.2) is 8.42 Å². The average molecular weight is 359 g/mol. The van der Waals surface area contributed by atoms with Gasteiger partial charge in [-0.1, -0.05) is 32.9 Å². The second kappa shape index (κ2) is 8.11. The van der Waals surface area contributed by atoms with Gasteiger partial charge in [-0.3, -0.25) is 4.79 Å². The Morgan fingerprint density at radius 1 is 1.12 bits per heavy atom. The van der Waals surface area contributed by atoms with E-state index in [2.05, 4.69) is 5.16 Å². The van der Waals surface area contributed by atoms with E-state index in [-0.39, 0.29) is 23.1 Å². The molecular weight excluding hydrogens is 330 g/mol. The Bertz CT molecular complexity index is 635. The first-order chi connectivity index (χ1) is 11.0. The number of rotatable bonds is 8. The fraction of sp³-hybridized carbons (Fsp3) is 0.750. The molecule has 0 atom stereocenters. The monoisotopic (exact) mass is 359 g/mol. The molecule has 1 aromatic rings. The Morgan fingerprint density at radius 2 is 1.62 bits per heavy atom. The van der Waals surface area contributed by atoms with Crippen LogP contribution >= 0.6 is 0 Å². The summed E-state index contributed by atoms with van der Waals surface area (Å²) in [5.41, 5.74) is 0.299. The van der Waals surface area contributed by atoms with E-state index in [1.165, 1.54) is 7.05 Å². The zero-order chi connectivity index (χ0) is 18.7. The molecule has 0 fully saturated rings. The number of likely N-dealkylation sites (N-methyl/N-ethyl adjacent to an activating group) is 1. The highest BCUT2D eigenvalue weighted by Gasteiger charge is 2.31. The molecule has 1 amide bonds. The van der Waals surface area contributed by atoms with Crippen LogP contribution in [0.15, 0.2) is 9.42 Å². The minimum atomic E-state index is -3.81. The summed E-state index contributed by atoms with van der Waals surface area (Å²) >= 11 is 0. The van der Waals surface area contributed by atoms with Crippen LogP contribution in [0.25, 0.3) is 0 Å². The molecule has 0 saturated carbocycles. The third-order valence-corrected chi connectivity index (χ3v) is 5.57. The lowest BCUT2D eigenvalue weighted by atomic mass is 10.1. The van der Waals surface area contributed by atoms with Crippen LogP contribution in [0.2, 0.25) is 0 Å². The number of amides is 1. The van der Waals surface area contributed by atoms with Crippen molar-refractivity contribution >= 4 is 15.9 Å². The fourth-order valence-corrected chi connectivity index (χ4v) is 3.94. The Hall–Kier alpha value is -1.41. The molecule has 0 saturated heterocycles. The molecule has 0 aromatic carbocycles. The molecule has 1 rings (SSSR count). The highest BCUT2D eigenvalue weighted by atomic mass is 32.2. The van der Waals surface area contributed by atoms with Crippen LogP contribution in [-0.4, -0.2) is 55.4 Å². The summed E-state index contributed by atoms with van der Waals surface area (Å²) in [7, 11) is -2.41. The second-order valence-corrected chi connectivity index (χ2v) is 8.98. The number of carbonyl (C=O) groups excluding carboxylic acids is 1. The van der Waals surface area contributed by atoms with E-state index in [4.69, 9.17) is 4.52 Å². The molecule has 7 nitrogen and oxygen atoms in total. The van der Waals surface area contributed by atoms with Gasteiger partial charge in [-0.2, -0.15) is 4.31 Å². The molecular formula is C16H29N3O4S. The number of hydrogen-bond donors (Lipinski definition) is 0. The second-order valence-electron chi connectivity index (χ2n) is 7.00. The maximum absolute atomic E-state index is 12.7. The van der Waals surface area contributed by atoms with Crippen molar-refractivity contribution in [2.24, 2.45) is 11.8 Å². The van der Waals surface area contributed by atoms with Crippen molar-refractivity contribution in [2.75, 3.05) is 26.7 Å². The predicted molar refractivity (Wildman–Crippen MR) is 92.0 cm³/mol. The summed E-state index contributed by atoms with van der Waals surface area (Å²) in [5, 5.41) is 3.68. The lowest BCUT2D eigenvalue weighted by Gasteiger charge is -2.28. The smallest absolute Gasteiger partial charge is 0.248 e. The zero-order valence-electron chi connectivity index (χ0n) is 15.7. The van der Waals surface area contributed by atoms with Crippen molar-refractivity contribution in [3.63, 3.8) is 0 Å². The van der Waals surface area contributed by atoms with Crippen molar-refractivity contribution in [3.8, 4) is 0 Å². The third-order valence-electron chi connectivity index (χ3n) is 3.52. The highest BCUT2D eigenvalue weighted by molar-refractivity contribution is 7.89. The number of hydrogen-bond acceptors (Lipinski definition) is 5. The maximum Gasteiger partial charge on any atom is 0.248 e. The van der Waals surface area contributed by atoms with Crippen molar-refractivity contribution in [1.82, 2.24) is 14.4 Å². The normalized spacial score (nSPS) is 12.4. The van der Waals surface area contributed by atoms with Gasteiger partial charge in [0.25, 0.3) is 0 Å². The first kappa shape index (κ1) is 20.6. The maximum atomic E-state index is 12.7. The van der Waals surface area contributed by atoms with Crippen LogP contribution in [0, 0.1) is 25.7 Å². The molecule has 0 aliphatic heterocycles. The van der Waals surface area contributed by atoms with Gasteiger partial charge < -0.3 is 9.42 Å². The quantitative estimate of drug-likeness (QED) is 0.709. The lowest BCUT2D eigenvalue weighted by molar-refractivity contribution is -0.132. The molecule has 0 spiro atoms. The molecule has 0 aliphatic rings. The Kier molecular flexibility index (Phi) is 6.97. The fourth-order valence-electron chi connectivity index (χ4n) is 2.53. The molecule has 1 heterocycles. The van der Waals surface area contributed by atoms with Gasteiger partial charge in [0.15, 0.2) is 5.76 Å². The van der Waals surface area contributed by atoms with Crippen molar-refractivity contribution in [1.29, 1.82) is 0 Å². The van der Waals surface area contributed by atoms with Gasteiger partial charge in [-0.05, 0) is 25.7 Å². The summed E-state index contributed by atoms with van der Waals surface area (Å²) in [6.45, 7) is 12.3. The molecule has 138 valence electrons. The topological polar surface area (TPSA) is 83.7 Å². The van der Waals surface area contributed by atoms with Crippen molar-refractivity contribution in [3.05, 3.63) is 11.5 Å². The van der Waals surface area contributed by atoms with Crippen molar-refractivity contribution < 1.29 is 17.7 Å². The number of aromatic nitrogens is 1. The van der Waals surface area contributed by atoms with E-state index < -0.39 is 10.0 Å². The summed E-state index contributed by atoms with van der Waals surface area (Å²) in [5.74, 6) is 0.664. The molecule has 1 aromatic heterocycles. The first-order valence-corrected chi connectivity index (χ1v) is 9.57. The molecule has 24 heavy (non-hydrogen) atoms. The van der Waals surface area contributed by atoms with E-state index >= 15 is 0 Å². The summed E-state index contributed by atoms with van der Waals surface area (Å²) < 4.78 is 31.4. The van der Waals surface area contributed by atoms with Crippen LogP contribution in [0.5, 0.6) is 0 Å². The van der Waals surface area contributed by atoms with Gasteiger partial charge in [0.05, 0.1) is 6.54 Å². The van der Waals surface area contributed by atoms with Gasteiger partial charge in [0.1, 0.15) is 10.6 Å². The van der Waals surface area contributed by atoms with Crippen LogP contribution < -0.4 is 0 Å². The molecule has 0 radical (unpaired) electrons. The molecule has 8 heteroatoms. The summed E-state index contributed by atoms with van der Waals surface area (Å²) in [6, 6.07) is 0. The Labute approximate surface area is 145 Å². The van der Waals surface area contributed by atoms with Crippen LogP contribution in [0.4, 0.5) is 0 Å². The SMILES string of the molecule is Cc1noc(C)c1S(=O)(=O)N(C)CC(=O)N(CC(C)C)CC(C)C. The largest absolute Gasteiger partial charge is 0.360 e. The van der Waals surface area contributed by atoms with E-state index in [0.29, 0.717) is 30.6 Å². The molecule has 0 N–H and O–H groups in total. The summed E-state index contributed by atoms with van der Waals surface area (Å²) in [6.07, 6.45) is 0. The van der Waals surface area contributed by atoms with E-state index in [1.54, 1.807) is 18.7 Å². The van der Waals surface area contributed by atoms with E-state index in [1.807, 2.05) is 27.7 Å². The van der Waals surface area contributed by atoms with Gasteiger partial charge in [-0.15, -0.1) is 0 Å². The number of aryl methyl sites for hydroxylation is 2. The lowest BCUT2D eigenvalue weighted by Crippen LogP contribution is -2.44. The highest BCUT2D eigenvalue weighted by Crippen LogP contribution is 2.22. The van der Waals surface area contributed by atoms with Crippen LogP contribution in [-0.2, 0) is 14.8 Å². The average Bonchev–Trinajstić information content (AvgIpc) is 2.76. The zero-order valence-corrected chi connectivity index (χ0v) is 16.5. The standard InChI is InChI=1S/C16H29N3O4S/c1-11(2)8-19(9-12(3)4)15(20)10-18(7)24(21,22)16-13(5)17-23-14(16)6/h11-12H,8-10H2,1-7H3. The van der Waals surface area contributed by atoms with Gasteiger partial charge in [0, 0.05) is 20.1 Å². The number of carbonyl (C=O) groups is 1. The van der Waals surface area contributed by atoms with Gasteiger partial charge in [0.2, 0.25) is 15.9 Å². The minimum Gasteiger partial charge on any atom is -0.360 e. The van der Waals surface area contributed by atoms with Crippen LogP contribution in [0.3, 0.4) is 0 Å². The molecule has 0 aliphatic carbocycles.